The molecule has 0 N–H and O–H groups in total. The van der Waals surface area contributed by atoms with Crippen LogP contribution in [0.4, 0.5) is 4.39 Å². The van der Waals surface area contributed by atoms with Crippen LogP contribution in [0.15, 0.2) is 0 Å². The highest BCUT2D eigenvalue weighted by molar-refractivity contribution is 4.79. The second kappa shape index (κ2) is 2.02. The van der Waals surface area contributed by atoms with Crippen molar-refractivity contribution in [3.63, 3.8) is 0 Å². The Morgan fingerprint density at radius 1 is 1.62 bits per heavy atom. The van der Waals surface area contributed by atoms with Crippen LogP contribution in [0.2, 0.25) is 0 Å². The molecule has 0 bridgehead atoms. The minimum Gasteiger partial charge on any atom is -0.243 e. The third-order valence-electron chi connectivity index (χ3n) is 1.46. The Hall–Kier alpha value is -0.110. The standard InChI is InChI=1S/C6H11FN/c1-6(7)3-2-4-8-5-6/h2-5H2,1H3. The lowest BCUT2D eigenvalue weighted by molar-refractivity contribution is 0.143. The van der Waals surface area contributed by atoms with Crippen LogP contribution in [0.1, 0.15) is 19.8 Å². The van der Waals surface area contributed by atoms with Crippen LogP contribution < -0.4 is 5.32 Å². The van der Waals surface area contributed by atoms with E-state index in [1.165, 1.54) is 0 Å². The summed E-state index contributed by atoms with van der Waals surface area (Å²) in [6, 6.07) is 0. The van der Waals surface area contributed by atoms with E-state index in [9.17, 15) is 4.39 Å². The number of alkyl halides is 1. The number of piperidine rings is 1. The van der Waals surface area contributed by atoms with Crippen molar-refractivity contribution in [2.24, 2.45) is 0 Å². The van der Waals surface area contributed by atoms with Crippen molar-refractivity contribution in [2.75, 3.05) is 13.1 Å². The maximum absolute atomic E-state index is 12.8. The summed E-state index contributed by atoms with van der Waals surface area (Å²) >= 11 is 0. The van der Waals surface area contributed by atoms with Gasteiger partial charge in [-0.3, -0.25) is 0 Å². The van der Waals surface area contributed by atoms with E-state index in [0.29, 0.717) is 13.0 Å². The predicted molar refractivity (Wildman–Crippen MR) is 30.6 cm³/mol. The summed E-state index contributed by atoms with van der Waals surface area (Å²) < 4.78 is 12.8. The molecule has 0 spiro atoms. The van der Waals surface area contributed by atoms with Crippen molar-refractivity contribution in [3.05, 3.63) is 0 Å². The monoisotopic (exact) mass is 116 g/mol. The highest BCUT2D eigenvalue weighted by Gasteiger charge is 2.25. The molecule has 1 aliphatic heterocycles. The first-order valence-electron chi connectivity index (χ1n) is 3.03. The molecule has 2 heteroatoms. The largest absolute Gasteiger partial charge is 0.243 e. The number of nitrogens with zero attached hydrogens (tertiary/aromatic N) is 1. The first-order chi connectivity index (χ1) is 3.71. The number of hydrogen-bond donors (Lipinski definition) is 0. The lowest BCUT2D eigenvalue weighted by Crippen LogP contribution is -2.35. The second-order valence-electron chi connectivity index (χ2n) is 2.62. The molecule has 0 aromatic heterocycles. The molecule has 0 amide bonds. The van der Waals surface area contributed by atoms with Gasteiger partial charge in [-0.05, 0) is 19.8 Å². The minimum atomic E-state index is -0.988. The van der Waals surface area contributed by atoms with Crippen molar-refractivity contribution >= 4 is 0 Å². The van der Waals surface area contributed by atoms with Crippen LogP contribution >= 0.6 is 0 Å². The van der Waals surface area contributed by atoms with Gasteiger partial charge in [0.2, 0.25) is 0 Å². The maximum Gasteiger partial charge on any atom is 0.122 e. The number of rotatable bonds is 0. The molecule has 47 valence electrons. The molecule has 1 radical (unpaired) electrons. The van der Waals surface area contributed by atoms with Crippen molar-refractivity contribution in [1.82, 2.24) is 5.32 Å². The van der Waals surface area contributed by atoms with Crippen LogP contribution in [0.5, 0.6) is 0 Å². The zero-order chi connectivity index (χ0) is 6.04. The summed E-state index contributed by atoms with van der Waals surface area (Å²) in [5.74, 6) is 0. The summed E-state index contributed by atoms with van der Waals surface area (Å²) in [5.41, 5.74) is -0.988. The van der Waals surface area contributed by atoms with E-state index in [1.807, 2.05) is 0 Å². The Morgan fingerprint density at radius 3 is 2.62 bits per heavy atom. The summed E-state index contributed by atoms with van der Waals surface area (Å²) in [4.78, 5) is 0. The fraction of sp³-hybridized carbons (Fsp3) is 1.00. The Bertz CT molecular complexity index is 72.6. The van der Waals surface area contributed by atoms with Crippen LogP contribution in [-0.2, 0) is 0 Å². The summed E-state index contributed by atoms with van der Waals surface area (Å²) in [6.07, 6.45) is 1.61. The van der Waals surface area contributed by atoms with Crippen LogP contribution in [0, 0.1) is 0 Å². The molecule has 1 saturated heterocycles. The molecule has 1 nitrogen and oxygen atoms in total. The lowest BCUT2D eigenvalue weighted by Gasteiger charge is -2.24. The van der Waals surface area contributed by atoms with Gasteiger partial charge >= 0.3 is 0 Å². The maximum atomic E-state index is 12.8. The smallest absolute Gasteiger partial charge is 0.122 e. The number of hydrogen-bond acceptors (Lipinski definition) is 0. The van der Waals surface area contributed by atoms with E-state index in [1.54, 1.807) is 6.92 Å². The van der Waals surface area contributed by atoms with Crippen molar-refractivity contribution in [3.8, 4) is 0 Å². The minimum absolute atomic E-state index is 0.410. The van der Waals surface area contributed by atoms with Gasteiger partial charge in [-0.2, -0.15) is 0 Å². The Kier molecular flexibility index (Phi) is 1.52. The summed E-state index contributed by atoms with van der Waals surface area (Å²) in [6.45, 7) is 2.89. The van der Waals surface area contributed by atoms with E-state index < -0.39 is 5.67 Å². The molecule has 0 aromatic carbocycles. The summed E-state index contributed by atoms with van der Waals surface area (Å²) in [7, 11) is 0. The van der Waals surface area contributed by atoms with Crippen molar-refractivity contribution < 1.29 is 4.39 Å². The van der Waals surface area contributed by atoms with Gasteiger partial charge < -0.3 is 0 Å². The summed E-state index contributed by atoms with van der Waals surface area (Å²) in [5, 5.41) is 3.95. The van der Waals surface area contributed by atoms with Crippen LogP contribution in [0.3, 0.4) is 0 Å². The Morgan fingerprint density at radius 2 is 2.38 bits per heavy atom. The van der Waals surface area contributed by atoms with Gasteiger partial charge in [-0.25, -0.2) is 9.71 Å². The molecule has 1 aliphatic rings. The van der Waals surface area contributed by atoms with E-state index in [0.717, 1.165) is 13.0 Å². The molecule has 1 atom stereocenters. The van der Waals surface area contributed by atoms with Gasteiger partial charge in [-0.15, -0.1) is 0 Å². The molecule has 0 aliphatic carbocycles. The van der Waals surface area contributed by atoms with Gasteiger partial charge in [-0.1, -0.05) is 0 Å². The average molecular weight is 116 g/mol. The SMILES string of the molecule is CC1(F)CCC[N]C1. The van der Waals surface area contributed by atoms with Crippen molar-refractivity contribution in [2.45, 2.75) is 25.4 Å². The van der Waals surface area contributed by atoms with E-state index in [2.05, 4.69) is 5.32 Å². The lowest BCUT2D eigenvalue weighted by atomic mass is 9.99. The van der Waals surface area contributed by atoms with Crippen molar-refractivity contribution in [1.29, 1.82) is 0 Å². The third-order valence-corrected chi connectivity index (χ3v) is 1.46. The quantitative estimate of drug-likeness (QED) is 0.450. The van der Waals surface area contributed by atoms with Gasteiger partial charge in [0.1, 0.15) is 5.67 Å². The molecule has 0 aromatic rings. The molecule has 1 fully saturated rings. The topological polar surface area (TPSA) is 14.1 Å². The molecule has 8 heavy (non-hydrogen) atoms. The van der Waals surface area contributed by atoms with Gasteiger partial charge in [0.15, 0.2) is 0 Å². The first-order valence-corrected chi connectivity index (χ1v) is 3.03. The van der Waals surface area contributed by atoms with Gasteiger partial charge in [0.25, 0.3) is 0 Å². The van der Waals surface area contributed by atoms with E-state index in [-0.39, 0.29) is 0 Å². The molecule has 1 unspecified atom stereocenters. The van der Waals surface area contributed by atoms with Crippen LogP contribution in [0.25, 0.3) is 0 Å². The normalized spacial score (nSPS) is 39.8. The molecule has 1 rings (SSSR count). The van der Waals surface area contributed by atoms with Crippen LogP contribution in [-0.4, -0.2) is 18.8 Å². The highest BCUT2D eigenvalue weighted by Crippen LogP contribution is 2.19. The fourth-order valence-corrected chi connectivity index (χ4v) is 0.951. The Balaban J connectivity index is 2.33. The van der Waals surface area contributed by atoms with E-state index >= 15 is 0 Å². The van der Waals surface area contributed by atoms with Gasteiger partial charge in [0, 0.05) is 13.1 Å². The Labute approximate surface area is 49.3 Å². The predicted octanol–water partition coefficient (Wildman–Crippen LogP) is 1.11. The second-order valence-corrected chi connectivity index (χ2v) is 2.62. The number of halogens is 1. The molecular formula is C6H11FN. The highest BCUT2D eigenvalue weighted by atomic mass is 19.1. The fourth-order valence-electron chi connectivity index (χ4n) is 0.951. The molecule has 0 saturated carbocycles. The molecular weight excluding hydrogens is 105 g/mol. The van der Waals surface area contributed by atoms with E-state index in [4.69, 9.17) is 0 Å². The third kappa shape index (κ3) is 1.44. The first kappa shape index (κ1) is 6.02. The molecule has 1 heterocycles. The zero-order valence-corrected chi connectivity index (χ0v) is 5.15. The average Bonchev–Trinajstić information content (AvgIpc) is 1.65. The zero-order valence-electron chi connectivity index (χ0n) is 5.15. The van der Waals surface area contributed by atoms with Gasteiger partial charge in [0.05, 0.1) is 0 Å².